The van der Waals surface area contributed by atoms with E-state index in [4.69, 9.17) is 28.9 Å². The van der Waals surface area contributed by atoms with Gasteiger partial charge in [-0.3, -0.25) is 4.79 Å². The summed E-state index contributed by atoms with van der Waals surface area (Å²) < 4.78 is 0. The fourth-order valence-corrected chi connectivity index (χ4v) is 4.07. The number of nitrogens with one attached hydrogen (secondary N) is 2. The van der Waals surface area contributed by atoms with Crippen molar-refractivity contribution in [2.75, 3.05) is 11.1 Å². The minimum Gasteiger partial charge on any atom is -0.382 e. The summed E-state index contributed by atoms with van der Waals surface area (Å²) in [5, 5.41) is 17.2. The predicted molar refractivity (Wildman–Crippen MR) is 124 cm³/mol. The molecule has 5 N–H and O–H groups in total. The fourth-order valence-electron chi connectivity index (χ4n) is 2.65. The maximum absolute atomic E-state index is 12.5. The molecule has 0 radical (unpaired) electrons. The number of hydrogen-bond donors (Lipinski definition) is 4. The number of nitrogen functional groups attached to an aromatic ring is 1. The molecule has 0 aromatic carbocycles. The van der Waals surface area contributed by atoms with Crippen LogP contribution >= 0.6 is 34.5 Å². The van der Waals surface area contributed by atoms with Crippen molar-refractivity contribution in [3.63, 3.8) is 0 Å². The average molecular weight is 497 g/mol. The first-order valence-corrected chi connectivity index (χ1v) is 11.0. The van der Waals surface area contributed by atoms with Gasteiger partial charge in [0.05, 0.1) is 27.8 Å². The smallest absolute Gasteiger partial charge is 0.272 e. The van der Waals surface area contributed by atoms with E-state index >= 15 is 0 Å². The molecule has 1 unspecified atom stereocenters. The molecule has 3 aromatic rings. The first-order chi connectivity index (χ1) is 15.0. The minimum absolute atomic E-state index is 0.0178. The molecule has 2 atom stereocenters. The maximum atomic E-state index is 12.5. The second-order valence-electron chi connectivity index (χ2n) is 7.90. The van der Waals surface area contributed by atoms with Gasteiger partial charge in [0.25, 0.3) is 5.91 Å². The molecule has 32 heavy (non-hydrogen) atoms. The summed E-state index contributed by atoms with van der Waals surface area (Å²) in [4.78, 5) is 33.4. The molecule has 0 aliphatic heterocycles. The molecule has 3 aromatic heterocycles. The van der Waals surface area contributed by atoms with E-state index in [0.717, 1.165) is 6.33 Å². The van der Waals surface area contributed by atoms with Crippen LogP contribution in [-0.2, 0) is 5.41 Å². The molecule has 0 saturated heterocycles. The maximum Gasteiger partial charge on any atom is 0.272 e. The van der Waals surface area contributed by atoms with Gasteiger partial charge in [-0.15, -0.1) is 11.3 Å². The highest BCUT2D eigenvalue weighted by atomic mass is 35.5. The van der Waals surface area contributed by atoms with E-state index in [-0.39, 0.29) is 27.9 Å². The number of carbonyl (C=O) groups is 1. The largest absolute Gasteiger partial charge is 0.382 e. The second kappa shape index (κ2) is 9.49. The fraction of sp³-hybridized carbons (Fsp3) is 0.368. The van der Waals surface area contributed by atoms with Crippen LogP contribution in [0, 0.1) is 0 Å². The van der Waals surface area contributed by atoms with Crippen molar-refractivity contribution in [2.45, 2.75) is 45.4 Å². The van der Waals surface area contributed by atoms with Gasteiger partial charge >= 0.3 is 0 Å². The van der Waals surface area contributed by atoms with Gasteiger partial charge in [0.2, 0.25) is 5.95 Å². The van der Waals surface area contributed by atoms with Crippen LogP contribution < -0.4 is 16.4 Å². The highest BCUT2D eigenvalue weighted by molar-refractivity contribution is 7.11. The number of amides is 1. The standard InChI is InChI=1S/C19H22Cl2N8O2S/c1-8(27-16(31)12-11(21)14(22)26-7-25-12)17-23-6-10(32-17)15(30)29-18-24-5-9(20)13(28-18)19(2,3)4/h5-8,15,30H,1-4H3,(H,27,31)(H2,22,25,26)(H,24,28,29)/t8?,15-/m1/s1. The number of carbonyl (C=O) groups excluding carboxylic acids is 1. The third kappa shape index (κ3) is 5.41. The van der Waals surface area contributed by atoms with Gasteiger partial charge in [-0.25, -0.2) is 24.9 Å². The molecule has 0 aliphatic carbocycles. The van der Waals surface area contributed by atoms with E-state index in [2.05, 4.69) is 35.6 Å². The zero-order chi connectivity index (χ0) is 23.6. The lowest BCUT2D eigenvalue weighted by Crippen LogP contribution is -2.28. The Labute approximate surface area is 198 Å². The summed E-state index contributed by atoms with van der Waals surface area (Å²) in [5.41, 5.74) is 5.96. The molecular formula is C19H22Cl2N8O2S. The van der Waals surface area contributed by atoms with Crippen LogP contribution in [0.15, 0.2) is 18.7 Å². The normalized spacial score (nSPS) is 13.5. The van der Waals surface area contributed by atoms with Crippen molar-refractivity contribution < 1.29 is 9.90 Å². The van der Waals surface area contributed by atoms with Gasteiger partial charge in [0, 0.05) is 11.6 Å². The number of anilines is 2. The van der Waals surface area contributed by atoms with Crippen molar-refractivity contribution in [3.8, 4) is 0 Å². The van der Waals surface area contributed by atoms with Crippen LogP contribution in [0.5, 0.6) is 0 Å². The summed E-state index contributed by atoms with van der Waals surface area (Å²) in [5.74, 6) is -0.264. The number of thiazole rings is 1. The van der Waals surface area contributed by atoms with Gasteiger partial charge in [0.15, 0.2) is 11.9 Å². The number of rotatable bonds is 6. The van der Waals surface area contributed by atoms with Crippen molar-refractivity contribution in [3.05, 3.63) is 50.0 Å². The van der Waals surface area contributed by atoms with Gasteiger partial charge < -0.3 is 21.5 Å². The van der Waals surface area contributed by atoms with Gasteiger partial charge in [0.1, 0.15) is 22.2 Å². The Morgan fingerprint density at radius 3 is 2.59 bits per heavy atom. The number of halogens is 2. The lowest BCUT2D eigenvalue weighted by molar-refractivity contribution is 0.0935. The Balaban J connectivity index is 1.70. The molecule has 1 amide bonds. The molecule has 3 heterocycles. The van der Waals surface area contributed by atoms with E-state index < -0.39 is 18.2 Å². The number of nitrogens with zero attached hydrogens (tertiary/aromatic N) is 5. The van der Waals surface area contributed by atoms with Crippen LogP contribution in [0.4, 0.5) is 11.8 Å². The molecule has 0 fully saturated rings. The third-order valence-electron chi connectivity index (χ3n) is 4.28. The van der Waals surface area contributed by atoms with Crippen molar-refractivity contribution in [2.24, 2.45) is 0 Å². The first-order valence-electron chi connectivity index (χ1n) is 9.47. The third-order valence-corrected chi connectivity index (χ3v) is 6.16. The van der Waals surface area contributed by atoms with E-state index in [1.165, 1.54) is 23.7 Å². The summed E-state index contributed by atoms with van der Waals surface area (Å²) in [6.07, 6.45) is 3.06. The topological polar surface area (TPSA) is 152 Å². The van der Waals surface area contributed by atoms with Crippen molar-refractivity contribution in [1.29, 1.82) is 0 Å². The van der Waals surface area contributed by atoms with Crippen LogP contribution in [0.25, 0.3) is 0 Å². The molecule has 0 aliphatic rings. The number of hydrogen-bond acceptors (Lipinski definition) is 10. The van der Waals surface area contributed by atoms with Gasteiger partial charge in [-0.2, -0.15) is 0 Å². The minimum atomic E-state index is -1.10. The van der Waals surface area contributed by atoms with Crippen LogP contribution in [0.2, 0.25) is 10.0 Å². The molecule has 10 nitrogen and oxygen atoms in total. The van der Waals surface area contributed by atoms with Crippen molar-refractivity contribution >= 4 is 52.2 Å². The Hall–Kier alpha value is -2.60. The molecule has 13 heteroatoms. The van der Waals surface area contributed by atoms with E-state index in [1.54, 1.807) is 6.92 Å². The zero-order valence-electron chi connectivity index (χ0n) is 17.7. The molecule has 3 rings (SSSR count). The number of aliphatic hydroxyl groups is 1. The van der Waals surface area contributed by atoms with E-state index in [0.29, 0.717) is 20.6 Å². The first kappa shape index (κ1) is 24.1. The molecular weight excluding hydrogens is 475 g/mol. The van der Waals surface area contributed by atoms with E-state index in [9.17, 15) is 9.90 Å². The second-order valence-corrected chi connectivity index (χ2v) is 9.78. The van der Waals surface area contributed by atoms with Crippen molar-refractivity contribution in [1.82, 2.24) is 30.2 Å². The highest BCUT2D eigenvalue weighted by Gasteiger charge is 2.23. The Morgan fingerprint density at radius 1 is 1.19 bits per heavy atom. The predicted octanol–water partition coefficient (Wildman–Crippen LogP) is 3.50. The molecule has 0 spiro atoms. The number of aromatic nitrogens is 5. The lowest BCUT2D eigenvalue weighted by atomic mass is 9.92. The average Bonchev–Trinajstić information content (AvgIpc) is 3.21. The number of nitrogens with two attached hydrogens (primary N) is 1. The van der Waals surface area contributed by atoms with Crippen LogP contribution in [0.3, 0.4) is 0 Å². The Bertz CT molecular complexity index is 1130. The molecule has 170 valence electrons. The number of aliphatic hydroxyl groups excluding tert-OH is 1. The quantitative estimate of drug-likeness (QED) is 0.375. The summed E-state index contributed by atoms with van der Waals surface area (Å²) in [7, 11) is 0. The summed E-state index contributed by atoms with van der Waals surface area (Å²) in [6, 6.07) is -0.472. The Kier molecular flexibility index (Phi) is 7.13. The van der Waals surface area contributed by atoms with Gasteiger partial charge in [-0.1, -0.05) is 44.0 Å². The van der Waals surface area contributed by atoms with Gasteiger partial charge in [-0.05, 0) is 6.92 Å². The molecule has 0 bridgehead atoms. The SMILES string of the molecule is CC(NC(=O)c1ncnc(N)c1Cl)c1ncc([C@@H](O)Nc2ncc(Cl)c(C(C)(C)C)n2)s1. The monoisotopic (exact) mass is 496 g/mol. The van der Waals surface area contributed by atoms with Crippen LogP contribution in [-0.4, -0.2) is 35.9 Å². The Morgan fingerprint density at radius 2 is 1.91 bits per heavy atom. The summed E-state index contributed by atoms with van der Waals surface area (Å²) >= 11 is 13.4. The zero-order valence-corrected chi connectivity index (χ0v) is 20.0. The van der Waals surface area contributed by atoms with E-state index in [1.807, 2.05) is 20.8 Å². The lowest BCUT2D eigenvalue weighted by Gasteiger charge is -2.20. The molecule has 0 saturated carbocycles. The highest BCUT2D eigenvalue weighted by Crippen LogP contribution is 2.30. The van der Waals surface area contributed by atoms with Crippen LogP contribution in [0.1, 0.15) is 66.0 Å². The summed E-state index contributed by atoms with van der Waals surface area (Å²) in [6.45, 7) is 7.69.